The SMILES string of the molecule is CCc1cc2c(C)ccc(F)c2nc1N. The standard InChI is InChI=1S/C12H13FN2/c1-3-8-6-9-7(2)4-5-10(13)11(9)15-12(8)14/h4-6H,3H2,1-2H3,(H2,14,15). The molecule has 0 atom stereocenters. The highest BCUT2D eigenvalue weighted by Gasteiger charge is 2.08. The Hall–Kier alpha value is -1.64. The molecule has 1 aromatic carbocycles. The quantitative estimate of drug-likeness (QED) is 0.775. The van der Waals surface area contributed by atoms with Crippen LogP contribution in [0.1, 0.15) is 18.1 Å². The van der Waals surface area contributed by atoms with Crippen molar-refractivity contribution in [2.24, 2.45) is 0 Å². The molecule has 0 saturated heterocycles. The van der Waals surface area contributed by atoms with Gasteiger partial charge < -0.3 is 5.73 Å². The van der Waals surface area contributed by atoms with Gasteiger partial charge >= 0.3 is 0 Å². The number of benzene rings is 1. The number of aromatic nitrogens is 1. The number of fused-ring (bicyclic) bond motifs is 1. The molecule has 15 heavy (non-hydrogen) atoms. The maximum Gasteiger partial charge on any atom is 0.149 e. The van der Waals surface area contributed by atoms with Crippen LogP contribution in [0.5, 0.6) is 0 Å². The number of anilines is 1. The van der Waals surface area contributed by atoms with E-state index in [1.165, 1.54) is 6.07 Å². The highest BCUT2D eigenvalue weighted by molar-refractivity contribution is 5.85. The number of halogens is 1. The van der Waals surface area contributed by atoms with Gasteiger partial charge in [0.15, 0.2) is 0 Å². The van der Waals surface area contributed by atoms with Gasteiger partial charge in [-0.1, -0.05) is 13.0 Å². The van der Waals surface area contributed by atoms with Crippen molar-refractivity contribution in [3.05, 3.63) is 35.1 Å². The van der Waals surface area contributed by atoms with Crippen molar-refractivity contribution in [1.29, 1.82) is 0 Å². The van der Waals surface area contributed by atoms with Crippen LogP contribution in [0.2, 0.25) is 0 Å². The Balaban J connectivity index is 2.86. The van der Waals surface area contributed by atoms with Crippen LogP contribution in [-0.2, 0) is 6.42 Å². The summed E-state index contributed by atoms with van der Waals surface area (Å²) in [6.45, 7) is 3.95. The fourth-order valence-electron chi connectivity index (χ4n) is 1.70. The molecule has 1 heterocycles. The van der Waals surface area contributed by atoms with Crippen LogP contribution in [0, 0.1) is 12.7 Å². The van der Waals surface area contributed by atoms with E-state index < -0.39 is 0 Å². The fourth-order valence-corrected chi connectivity index (χ4v) is 1.70. The lowest BCUT2D eigenvalue weighted by molar-refractivity contribution is 0.636. The first-order chi connectivity index (χ1) is 7.13. The molecule has 2 nitrogen and oxygen atoms in total. The molecule has 0 unspecified atom stereocenters. The van der Waals surface area contributed by atoms with Crippen LogP contribution in [0.15, 0.2) is 18.2 Å². The lowest BCUT2D eigenvalue weighted by Crippen LogP contribution is -1.99. The van der Waals surface area contributed by atoms with Gasteiger partial charge in [0.1, 0.15) is 17.2 Å². The minimum atomic E-state index is -0.315. The summed E-state index contributed by atoms with van der Waals surface area (Å²) < 4.78 is 13.5. The Morgan fingerprint density at radius 3 is 2.80 bits per heavy atom. The summed E-state index contributed by atoms with van der Waals surface area (Å²) in [5, 5.41) is 0.848. The first-order valence-corrected chi connectivity index (χ1v) is 4.97. The predicted molar refractivity (Wildman–Crippen MR) is 60.2 cm³/mol. The molecular formula is C12H13FN2. The van der Waals surface area contributed by atoms with E-state index in [2.05, 4.69) is 4.98 Å². The molecule has 0 amide bonds. The second-order valence-electron chi connectivity index (χ2n) is 3.65. The third-order valence-electron chi connectivity index (χ3n) is 2.65. The van der Waals surface area contributed by atoms with E-state index in [9.17, 15) is 4.39 Å². The maximum absolute atomic E-state index is 13.5. The molecule has 2 N–H and O–H groups in total. The topological polar surface area (TPSA) is 38.9 Å². The molecule has 0 spiro atoms. The van der Waals surface area contributed by atoms with E-state index in [-0.39, 0.29) is 5.82 Å². The van der Waals surface area contributed by atoms with Crippen LogP contribution in [0.25, 0.3) is 10.9 Å². The summed E-state index contributed by atoms with van der Waals surface area (Å²) in [6, 6.07) is 5.11. The normalized spacial score (nSPS) is 10.9. The molecule has 0 fully saturated rings. The van der Waals surface area contributed by atoms with E-state index in [1.54, 1.807) is 6.07 Å². The molecular weight excluding hydrogens is 191 g/mol. The number of aryl methyl sites for hydroxylation is 2. The van der Waals surface area contributed by atoms with Gasteiger partial charge in [-0.3, -0.25) is 0 Å². The largest absolute Gasteiger partial charge is 0.383 e. The molecule has 0 saturated carbocycles. The summed E-state index contributed by atoms with van der Waals surface area (Å²) in [5.41, 5.74) is 8.09. The lowest BCUT2D eigenvalue weighted by Gasteiger charge is -2.07. The number of rotatable bonds is 1. The third-order valence-corrected chi connectivity index (χ3v) is 2.65. The predicted octanol–water partition coefficient (Wildman–Crippen LogP) is 2.83. The zero-order valence-electron chi connectivity index (χ0n) is 8.84. The van der Waals surface area contributed by atoms with Gasteiger partial charge in [0, 0.05) is 5.39 Å². The Morgan fingerprint density at radius 1 is 1.40 bits per heavy atom. The number of hydrogen-bond acceptors (Lipinski definition) is 2. The van der Waals surface area contributed by atoms with Gasteiger partial charge in [0.25, 0.3) is 0 Å². The van der Waals surface area contributed by atoms with Crippen LogP contribution in [0.3, 0.4) is 0 Å². The second-order valence-corrected chi connectivity index (χ2v) is 3.65. The first-order valence-electron chi connectivity index (χ1n) is 4.97. The van der Waals surface area contributed by atoms with E-state index >= 15 is 0 Å². The van der Waals surface area contributed by atoms with Crippen molar-refractivity contribution < 1.29 is 4.39 Å². The zero-order valence-corrected chi connectivity index (χ0v) is 8.84. The van der Waals surface area contributed by atoms with E-state index in [4.69, 9.17) is 5.73 Å². The monoisotopic (exact) mass is 204 g/mol. The lowest BCUT2D eigenvalue weighted by atomic mass is 10.1. The van der Waals surface area contributed by atoms with Gasteiger partial charge in [-0.25, -0.2) is 9.37 Å². The van der Waals surface area contributed by atoms with Gasteiger partial charge in [-0.15, -0.1) is 0 Å². The number of nitrogens with two attached hydrogens (primary N) is 1. The Bertz CT molecular complexity index is 521. The molecule has 0 aliphatic rings. The number of hydrogen-bond donors (Lipinski definition) is 1. The Morgan fingerprint density at radius 2 is 2.13 bits per heavy atom. The average Bonchev–Trinajstić information content (AvgIpc) is 2.23. The number of nitrogen functional groups attached to an aromatic ring is 1. The van der Waals surface area contributed by atoms with Crippen molar-refractivity contribution in [2.75, 3.05) is 5.73 Å². The summed E-state index contributed by atoms with van der Waals surface area (Å²) in [7, 11) is 0. The molecule has 0 bridgehead atoms. The zero-order chi connectivity index (χ0) is 11.0. The molecule has 2 aromatic rings. The van der Waals surface area contributed by atoms with Gasteiger partial charge in [0.05, 0.1) is 0 Å². The van der Waals surface area contributed by atoms with Gasteiger partial charge in [0.2, 0.25) is 0 Å². The van der Waals surface area contributed by atoms with Crippen molar-refractivity contribution in [3.8, 4) is 0 Å². The smallest absolute Gasteiger partial charge is 0.149 e. The Kier molecular flexibility index (Phi) is 2.31. The number of nitrogens with zero attached hydrogens (tertiary/aromatic N) is 1. The van der Waals surface area contributed by atoms with Gasteiger partial charge in [-0.05, 0) is 36.6 Å². The second kappa shape index (κ2) is 3.50. The summed E-state index contributed by atoms with van der Waals surface area (Å²) >= 11 is 0. The molecule has 0 aliphatic carbocycles. The van der Waals surface area contributed by atoms with Crippen molar-refractivity contribution in [2.45, 2.75) is 20.3 Å². The fraction of sp³-hybridized carbons (Fsp3) is 0.250. The maximum atomic E-state index is 13.5. The van der Waals surface area contributed by atoms with Gasteiger partial charge in [-0.2, -0.15) is 0 Å². The molecule has 78 valence electrons. The minimum Gasteiger partial charge on any atom is -0.383 e. The molecule has 3 heteroatoms. The van der Waals surface area contributed by atoms with Crippen LogP contribution < -0.4 is 5.73 Å². The van der Waals surface area contributed by atoms with Crippen LogP contribution >= 0.6 is 0 Å². The summed E-state index contributed by atoms with van der Waals surface area (Å²) in [5.74, 6) is 0.111. The van der Waals surface area contributed by atoms with Crippen LogP contribution in [0.4, 0.5) is 10.2 Å². The summed E-state index contributed by atoms with van der Waals surface area (Å²) in [6.07, 6.45) is 0.810. The molecule has 2 rings (SSSR count). The molecule has 0 radical (unpaired) electrons. The van der Waals surface area contributed by atoms with E-state index in [1.807, 2.05) is 19.9 Å². The van der Waals surface area contributed by atoms with Crippen LogP contribution in [-0.4, -0.2) is 4.98 Å². The minimum absolute atomic E-state index is 0.315. The summed E-state index contributed by atoms with van der Waals surface area (Å²) in [4.78, 5) is 4.11. The van der Waals surface area contributed by atoms with Crippen molar-refractivity contribution in [1.82, 2.24) is 4.98 Å². The highest BCUT2D eigenvalue weighted by atomic mass is 19.1. The first kappa shape index (κ1) is 9.90. The third kappa shape index (κ3) is 1.54. The average molecular weight is 204 g/mol. The van der Waals surface area contributed by atoms with Crippen molar-refractivity contribution >= 4 is 16.7 Å². The highest BCUT2D eigenvalue weighted by Crippen LogP contribution is 2.24. The van der Waals surface area contributed by atoms with E-state index in [0.29, 0.717) is 11.3 Å². The molecule has 1 aromatic heterocycles. The Labute approximate surface area is 87.9 Å². The van der Waals surface area contributed by atoms with Crippen molar-refractivity contribution in [3.63, 3.8) is 0 Å². The van der Waals surface area contributed by atoms with E-state index in [0.717, 1.165) is 22.9 Å². The molecule has 0 aliphatic heterocycles. The number of pyridine rings is 1.